The van der Waals surface area contributed by atoms with E-state index < -0.39 is 0 Å². The molecule has 1 aromatic carbocycles. The van der Waals surface area contributed by atoms with Gasteiger partial charge in [0.25, 0.3) is 11.8 Å². The van der Waals surface area contributed by atoms with Crippen LogP contribution in [0.2, 0.25) is 0 Å². The molecule has 1 aliphatic rings. The van der Waals surface area contributed by atoms with Crippen molar-refractivity contribution in [1.82, 2.24) is 15.6 Å². The van der Waals surface area contributed by atoms with Crippen molar-refractivity contribution in [1.29, 1.82) is 0 Å². The highest BCUT2D eigenvalue weighted by atomic mass is 32.1. The summed E-state index contributed by atoms with van der Waals surface area (Å²) in [6.07, 6.45) is 2.83. The molecule has 2 N–H and O–H groups in total. The van der Waals surface area contributed by atoms with E-state index in [0.29, 0.717) is 23.3 Å². The summed E-state index contributed by atoms with van der Waals surface area (Å²) in [5, 5.41) is 7.66. The van der Waals surface area contributed by atoms with Crippen LogP contribution in [-0.2, 0) is 6.42 Å². The maximum atomic E-state index is 12.0. The molecule has 114 valence electrons. The van der Waals surface area contributed by atoms with Crippen LogP contribution in [0.1, 0.15) is 38.7 Å². The zero-order valence-corrected chi connectivity index (χ0v) is 12.9. The summed E-state index contributed by atoms with van der Waals surface area (Å²) in [4.78, 5) is 28.0. The third kappa shape index (κ3) is 3.92. The molecule has 2 amide bonds. The number of benzene rings is 1. The van der Waals surface area contributed by atoms with E-state index in [4.69, 9.17) is 0 Å². The number of hydrogen-bond donors (Lipinski definition) is 2. The van der Waals surface area contributed by atoms with Crippen molar-refractivity contribution in [2.45, 2.75) is 25.3 Å². The molecule has 3 rings (SSSR count). The SMILES string of the molecule is O=C(NCCc1ccccc1)c1csc(C(=O)NC2CC2)n1. The summed E-state index contributed by atoms with van der Waals surface area (Å²) in [5.74, 6) is -0.423. The molecule has 0 saturated heterocycles. The maximum Gasteiger partial charge on any atom is 0.280 e. The molecular weight excluding hydrogens is 298 g/mol. The Kier molecular flexibility index (Phi) is 4.48. The van der Waals surface area contributed by atoms with E-state index in [1.165, 1.54) is 16.9 Å². The van der Waals surface area contributed by atoms with Crippen molar-refractivity contribution in [2.75, 3.05) is 6.54 Å². The van der Waals surface area contributed by atoms with Crippen LogP contribution in [0.5, 0.6) is 0 Å². The van der Waals surface area contributed by atoms with Crippen LogP contribution in [0.15, 0.2) is 35.7 Å². The first-order valence-corrected chi connectivity index (χ1v) is 8.19. The van der Waals surface area contributed by atoms with Crippen LogP contribution in [0.25, 0.3) is 0 Å². The van der Waals surface area contributed by atoms with E-state index in [0.717, 1.165) is 19.3 Å². The molecule has 22 heavy (non-hydrogen) atoms. The number of hydrogen-bond acceptors (Lipinski definition) is 4. The van der Waals surface area contributed by atoms with E-state index in [-0.39, 0.29) is 11.8 Å². The topological polar surface area (TPSA) is 71.1 Å². The number of carbonyl (C=O) groups is 2. The molecule has 5 nitrogen and oxygen atoms in total. The van der Waals surface area contributed by atoms with Crippen LogP contribution in [-0.4, -0.2) is 29.4 Å². The van der Waals surface area contributed by atoms with Gasteiger partial charge in [-0.25, -0.2) is 4.98 Å². The normalized spacial score (nSPS) is 13.6. The summed E-state index contributed by atoms with van der Waals surface area (Å²) in [5.41, 5.74) is 1.48. The molecule has 2 aromatic rings. The first-order chi connectivity index (χ1) is 10.7. The second-order valence-corrected chi connectivity index (χ2v) is 6.14. The molecule has 1 aromatic heterocycles. The van der Waals surface area contributed by atoms with Crippen LogP contribution in [0.4, 0.5) is 0 Å². The zero-order valence-electron chi connectivity index (χ0n) is 12.0. The van der Waals surface area contributed by atoms with Gasteiger partial charge in [-0.1, -0.05) is 30.3 Å². The number of nitrogens with zero attached hydrogens (tertiary/aromatic N) is 1. The average molecular weight is 315 g/mol. The summed E-state index contributed by atoms with van der Waals surface area (Å²) in [6, 6.07) is 10.3. The fraction of sp³-hybridized carbons (Fsp3) is 0.312. The summed E-state index contributed by atoms with van der Waals surface area (Å²) in [7, 11) is 0. The van der Waals surface area contributed by atoms with Crippen molar-refractivity contribution >= 4 is 23.2 Å². The Bertz CT molecular complexity index is 665. The van der Waals surface area contributed by atoms with Crippen molar-refractivity contribution < 1.29 is 9.59 Å². The standard InChI is InChI=1S/C16H17N3O2S/c20-14(17-9-8-11-4-2-1-3-5-11)13-10-22-16(19-13)15(21)18-12-6-7-12/h1-5,10,12H,6-9H2,(H,17,20)(H,18,21). The lowest BCUT2D eigenvalue weighted by Gasteiger charge is -2.03. The quantitative estimate of drug-likeness (QED) is 0.856. The minimum Gasteiger partial charge on any atom is -0.350 e. The first kappa shape index (κ1) is 14.7. The van der Waals surface area contributed by atoms with E-state index in [1.54, 1.807) is 5.38 Å². The van der Waals surface area contributed by atoms with Crippen molar-refractivity contribution in [2.24, 2.45) is 0 Å². The van der Waals surface area contributed by atoms with Crippen molar-refractivity contribution in [3.63, 3.8) is 0 Å². The van der Waals surface area contributed by atoms with Gasteiger partial charge in [0, 0.05) is 18.0 Å². The number of amides is 2. The van der Waals surface area contributed by atoms with Gasteiger partial charge < -0.3 is 10.6 Å². The van der Waals surface area contributed by atoms with Gasteiger partial charge in [-0.15, -0.1) is 11.3 Å². The van der Waals surface area contributed by atoms with Gasteiger partial charge in [-0.05, 0) is 24.8 Å². The number of carbonyl (C=O) groups excluding carboxylic acids is 2. The van der Waals surface area contributed by atoms with E-state index in [2.05, 4.69) is 15.6 Å². The number of thiazole rings is 1. The molecule has 0 radical (unpaired) electrons. The fourth-order valence-electron chi connectivity index (χ4n) is 2.01. The highest BCUT2D eigenvalue weighted by Crippen LogP contribution is 2.20. The Morgan fingerprint density at radius 1 is 1.18 bits per heavy atom. The molecule has 1 heterocycles. The Morgan fingerprint density at radius 2 is 1.95 bits per heavy atom. The van der Waals surface area contributed by atoms with Gasteiger partial charge in [0.05, 0.1) is 0 Å². The molecule has 1 saturated carbocycles. The van der Waals surface area contributed by atoms with E-state index >= 15 is 0 Å². The van der Waals surface area contributed by atoms with Crippen molar-refractivity contribution in [3.8, 4) is 0 Å². The Hall–Kier alpha value is -2.21. The lowest BCUT2D eigenvalue weighted by molar-refractivity contribution is 0.0948. The van der Waals surface area contributed by atoms with Crippen molar-refractivity contribution in [3.05, 3.63) is 52.0 Å². The smallest absolute Gasteiger partial charge is 0.280 e. The lowest BCUT2D eigenvalue weighted by Crippen LogP contribution is -2.27. The minimum absolute atomic E-state index is 0.184. The molecule has 6 heteroatoms. The molecule has 0 atom stereocenters. The molecule has 0 aliphatic heterocycles. The van der Waals surface area contributed by atoms with Gasteiger partial charge in [-0.2, -0.15) is 0 Å². The molecule has 0 spiro atoms. The van der Waals surface area contributed by atoms with Gasteiger partial charge in [-0.3, -0.25) is 9.59 Å². The molecular formula is C16H17N3O2S. The Balaban J connectivity index is 1.49. The van der Waals surface area contributed by atoms with Gasteiger partial charge >= 0.3 is 0 Å². The van der Waals surface area contributed by atoms with Crippen LogP contribution in [0, 0.1) is 0 Å². The van der Waals surface area contributed by atoms with E-state index in [9.17, 15) is 9.59 Å². The number of rotatable bonds is 6. The number of aromatic nitrogens is 1. The summed E-state index contributed by atoms with van der Waals surface area (Å²) in [6.45, 7) is 0.546. The first-order valence-electron chi connectivity index (χ1n) is 7.31. The van der Waals surface area contributed by atoms with Crippen LogP contribution >= 0.6 is 11.3 Å². The largest absolute Gasteiger partial charge is 0.350 e. The second kappa shape index (κ2) is 6.70. The number of nitrogens with one attached hydrogen (secondary N) is 2. The fourth-order valence-corrected chi connectivity index (χ4v) is 2.71. The van der Waals surface area contributed by atoms with Gasteiger partial charge in [0.15, 0.2) is 5.01 Å². The lowest BCUT2D eigenvalue weighted by atomic mass is 10.1. The second-order valence-electron chi connectivity index (χ2n) is 5.28. The predicted molar refractivity (Wildman–Crippen MR) is 85.1 cm³/mol. The average Bonchev–Trinajstić information content (AvgIpc) is 3.20. The third-order valence-corrected chi connectivity index (χ3v) is 4.23. The minimum atomic E-state index is -0.238. The Morgan fingerprint density at radius 3 is 2.68 bits per heavy atom. The molecule has 1 aliphatic carbocycles. The molecule has 0 unspecified atom stereocenters. The maximum absolute atomic E-state index is 12.0. The van der Waals surface area contributed by atoms with E-state index in [1.807, 2.05) is 30.3 Å². The zero-order chi connectivity index (χ0) is 15.4. The third-order valence-electron chi connectivity index (χ3n) is 3.39. The highest BCUT2D eigenvalue weighted by Gasteiger charge is 2.25. The summed E-state index contributed by atoms with van der Waals surface area (Å²) < 4.78 is 0. The highest BCUT2D eigenvalue weighted by molar-refractivity contribution is 7.11. The Labute approximate surface area is 132 Å². The van der Waals surface area contributed by atoms with Gasteiger partial charge in [0.1, 0.15) is 5.69 Å². The van der Waals surface area contributed by atoms with Gasteiger partial charge in [0.2, 0.25) is 0 Å². The predicted octanol–water partition coefficient (Wildman–Crippen LogP) is 2.01. The molecule has 0 bridgehead atoms. The van der Waals surface area contributed by atoms with Crippen LogP contribution < -0.4 is 10.6 Å². The molecule has 1 fully saturated rings. The summed E-state index contributed by atoms with van der Waals surface area (Å²) >= 11 is 1.20. The monoisotopic (exact) mass is 315 g/mol. The van der Waals surface area contributed by atoms with Crippen LogP contribution in [0.3, 0.4) is 0 Å².